The molecule has 2 aromatic rings. The zero-order valence-electron chi connectivity index (χ0n) is 18.6. The molecule has 3 rings (SSSR count). The van der Waals surface area contributed by atoms with Gasteiger partial charge in [-0.3, -0.25) is 9.59 Å². The second kappa shape index (κ2) is 10.4. The van der Waals surface area contributed by atoms with Crippen molar-refractivity contribution >= 4 is 35.1 Å². The number of halogens is 2. The Balaban J connectivity index is 2.25. The second-order valence-corrected chi connectivity index (χ2v) is 9.80. The SMILES string of the molecule is CC[C@@H]([C@@H](O)CO)N1C(=O)[C@](C)(CC(=O)O)C[C@H](c2cccc(Cl)c2)[C@H]1c1ccc(Cl)cc1. The summed E-state index contributed by atoms with van der Waals surface area (Å²) < 4.78 is 0. The van der Waals surface area contributed by atoms with Crippen molar-refractivity contribution < 1.29 is 24.9 Å². The van der Waals surface area contributed by atoms with Crippen LogP contribution >= 0.6 is 23.2 Å². The molecule has 33 heavy (non-hydrogen) atoms. The van der Waals surface area contributed by atoms with E-state index in [-0.39, 0.29) is 24.7 Å². The number of benzene rings is 2. The normalized spacial score (nSPS) is 25.0. The molecule has 3 N–H and O–H groups in total. The molecule has 1 saturated heterocycles. The van der Waals surface area contributed by atoms with Crippen LogP contribution in [0, 0.1) is 5.41 Å². The van der Waals surface area contributed by atoms with Gasteiger partial charge in [0.25, 0.3) is 0 Å². The summed E-state index contributed by atoms with van der Waals surface area (Å²) in [6.45, 7) is 2.96. The van der Waals surface area contributed by atoms with Crippen LogP contribution in [0.4, 0.5) is 0 Å². The number of likely N-dealkylation sites (tertiary alicyclic amines) is 1. The van der Waals surface area contributed by atoms with Crippen LogP contribution in [0.3, 0.4) is 0 Å². The first-order chi connectivity index (χ1) is 15.6. The molecule has 0 saturated carbocycles. The highest BCUT2D eigenvalue weighted by Gasteiger charge is 2.53. The van der Waals surface area contributed by atoms with Crippen LogP contribution < -0.4 is 0 Å². The van der Waals surface area contributed by atoms with Crippen molar-refractivity contribution in [3.63, 3.8) is 0 Å². The van der Waals surface area contributed by atoms with Crippen LogP contribution in [-0.4, -0.2) is 50.8 Å². The van der Waals surface area contributed by atoms with Crippen LogP contribution in [0.5, 0.6) is 0 Å². The van der Waals surface area contributed by atoms with Crippen molar-refractivity contribution in [2.45, 2.75) is 57.2 Å². The minimum Gasteiger partial charge on any atom is -0.481 e. The maximum absolute atomic E-state index is 13.9. The van der Waals surface area contributed by atoms with E-state index < -0.39 is 36.2 Å². The molecule has 0 aliphatic carbocycles. The first kappa shape index (κ1) is 25.5. The number of rotatable bonds is 8. The molecular formula is C25H29Cl2NO5. The fourth-order valence-corrected chi connectivity index (χ4v) is 5.35. The number of carboxylic acids is 1. The molecule has 1 fully saturated rings. The van der Waals surface area contributed by atoms with Gasteiger partial charge in [-0.2, -0.15) is 0 Å². The topological polar surface area (TPSA) is 98.1 Å². The van der Waals surface area contributed by atoms with Gasteiger partial charge >= 0.3 is 5.97 Å². The lowest BCUT2D eigenvalue weighted by Gasteiger charge is -2.52. The number of piperidine rings is 1. The molecule has 178 valence electrons. The Morgan fingerprint density at radius 2 is 1.82 bits per heavy atom. The minimum absolute atomic E-state index is 0.286. The van der Waals surface area contributed by atoms with Crippen molar-refractivity contribution in [3.8, 4) is 0 Å². The number of hydrogen-bond acceptors (Lipinski definition) is 4. The third-order valence-electron chi connectivity index (χ3n) is 6.54. The molecule has 1 heterocycles. The van der Waals surface area contributed by atoms with Crippen LogP contribution in [0.1, 0.15) is 56.2 Å². The van der Waals surface area contributed by atoms with E-state index in [1.807, 2.05) is 37.3 Å². The maximum Gasteiger partial charge on any atom is 0.304 e. The average Bonchev–Trinajstić information content (AvgIpc) is 2.77. The van der Waals surface area contributed by atoms with Gasteiger partial charge in [0.15, 0.2) is 0 Å². The molecule has 1 aliphatic rings. The molecule has 0 aromatic heterocycles. The highest BCUT2D eigenvalue weighted by Crippen LogP contribution is 2.52. The van der Waals surface area contributed by atoms with Crippen molar-refractivity contribution in [2.75, 3.05) is 6.61 Å². The number of carbonyl (C=O) groups excluding carboxylic acids is 1. The van der Waals surface area contributed by atoms with Gasteiger partial charge in [-0.05, 0) is 48.2 Å². The maximum atomic E-state index is 13.9. The third-order valence-corrected chi connectivity index (χ3v) is 7.03. The van der Waals surface area contributed by atoms with Crippen molar-refractivity contribution in [1.82, 2.24) is 4.90 Å². The summed E-state index contributed by atoms with van der Waals surface area (Å²) in [6, 6.07) is 13.3. The molecule has 0 unspecified atom stereocenters. The fourth-order valence-electron chi connectivity index (χ4n) is 5.02. The Kier molecular flexibility index (Phi) is 8.06. The van der Waals surface area contributed by atoms with Gasteiger partial charge < -0.3 is 20.2 Å². The molecule has 1 aliphatic heterocycles. The van der Waals surface area contributed by atoms with Crippen molar-refractivity contribution in [2.24, 2.45) is 5.41 Å². The molecule has 0 spiro atoms. The summed E-state index contributed by atoms with van der Waals surface area (Å²) in [5, 5.41) is 31.1. The molecule has 5 atom stereocenters. The first-order valence-corrected chi connectivity index (χ1v) is 11.7. The summed E-state index contributed by atoms with van der Waals surface area (Å²) in [5.41, 5.74) is 0.466. The quantitative estimate of drug-likeness (QED) is 0.496. The Morgan fingerprint density at radius 3 is 2.36 bits per heavy atom. The number of nitrogens with zero attached hydrogens (tertiary/aromatic N) is 1. The summed E-state index contributed by atoms with van der Waals surface area (Å²) in [6.07, 6.45) is -0.865. The predicted octanol–water partition coefficient (Wildman–Crippen LogP) is 4.66. The highest BCUT2D eigenvalue weighted by molar-refractivity contribution is 6.30. The van der Waals surface area contributed by atoms with Gasteiger partial charge in [0.1, 0.15) is 0 Å². The predicted molar refractivity (Wildman–Crippen MR) is 127 cm³/mol. The van der Waals surface area contributed by atoms with Crippen LogP contribution in [0.2, 0.25) is 10.0 Å². The Morgan fingerprint density at radius 1 is 1.15 bits per heavy atom. The van der Waals surface area contributed by atoms with E-state index in [4.69, 9.17) is 23.2 Å². The van der Waals surface area contributed by atoms with E-state index in [2.05, 4.69) is 0 Å². The van der Waals surface area contributed by atoms with Gasteiger partial charge in [0, 0.05) is 16.0 Å². The standard InChI is InChI=1S/C25H29Cl2NO5/c1-3-20(21(30)14-29)28-23(15-7-9-17(26)10-8-15)19(16-5-4-6-18(27)11-16)12-25(2,24(28)33)13-22(31)32/h4-11,19-21,23,29-30H,3,12-14H2,1-2H3,(H,31,32)/t19-,20+,21+,23-,25+/m1/s1. The number of hydrogen-bond donors (Lipinski definition) is 3. The number of carboxylic acid groups (broad SMARTS) is 1. The van der Waals surface area contributed by atoms with E-state index in [0.29, 0.717) is 16.5 Å². The molecular weight excluding hydrogens is 465 g/mol. The number of aliphatic hydroxyl groups excluding tert-OH is 2. The minimum atomic E-state index is -1.20. The summed E-state index contributed by atoms with van der Waals surface area (Å²) in [7, 11) is 0. The zero-order valence-corrected chi connectivity index (χ0v) is 20.1. The van der Waals surface area contributed by atoms with Gasteiger partial charge in [-0.25, -0.2) is 0 Å². The van der Waals surface area contributed by atoms with Crippen molar-refractivity contribution in [1.29, 1.82) is 0 Å². The second-order valence-electron chi connectivity index (χ2n) is 8.93. The summed E-state index contributed by atoms with van der Waals surface area (Å²) in [5.74, 6) is -1.73. The molecule has 2 aromatic carbocycles. The van der Waals surface area contributed by atoms with E-state index in [9.17, 15) is 24.9 Å². The lowest BCUT2D eigenvalue weighted by Crippen LogP contribution is -2.59. The van der Waals surface area contributed by atoms with E-state index in [0.717, 1.165) is 11.1 Å². The highest BCUT2D eigenvalue weighted by atomic mass is 35.5. The molecule has 8 heteroatoms. The largest absolute Gasteiger partial charge is 0.481 e. The van der Waals surface area contributed by atoms with Crippen LogP contribution in [0.25, 0.3) is 0 Å². The number of amides is 1. The summed E-state index contributed by atoms with van der Waals surface area (Å²) >= 11 is 12.4. The average molecular weight is 494 g/mol. The number of aliphatic carboxylic acids is 1. The molecule has 0 radical (unpaired) electrons. The third kappa shape index (κ3) is 5.35. The van der Waals surface area contributed by atoms with Crippen molar-refractivity contribution in [3.05, 3.63) is 69.7 Å². The van der Waals surface area contributed by atoms with Gasteiger partial charge in [0.2, 0.25) is 5.91 Å². The van der Waals surface area contributed by atoms with E-state index in [1.54, 1.807) is 30.0 Å². The Bertz CT molecular complexity index is 999. The lowest BCUT2D eigenvalue weighted by atomic mass is 9.67. The number of carbonyl (C=O) groups is 2. The monoisotopic (exact) mass is 493 g/mol. The van der Waals surface area contributed by atoms with Gasteiger partial charge in [0.05, 0.1) is 36.6 Å². The lowest BCUT2D eigenvalue weighted by molar-refractivity contribution is -0.164. The first-order valence-electron chi connectivity index (χ1n) is 11.0. The summed E-state index contributed by atoms with van der Waals surface area (Å²) in [4.78, 5) is 27.2. The molecule has 6 nitrogen and oxygen atoms in total. The van der Waals surface area contributed by atoms with E-state index >= 15 is 0 Å². The van der Waals surface area contributed by atoms with Gasteiger partial charge in [-0.1, -0.05) is 61.3 Å². The zero-order chi connectivity index (χ0) is 24.3. The number of aliphatic hydroxyl groups is 2. The molecule has 0 bridgehead atoms. The van der Waals surface area contributed by atoms with Crippen LogP contribution in [0.15, 0.2) is 48.5 Å². The van der Waals surface area contributed by atoms with Crippen LogP contribution in [-0.2, 0) is 9.59 Å². The molecule has 1 amide bonds. The Labute approximate surface area is 203 Å². The smallest absolute Gasteiger partial charge is 0.304 e. The van der Waals surface area contributed by atoms with E-state index in [1.165, 1.54) is 0 Å². The van der Waals surface area contributed by atoms with Gasteiger partial charge in [-0.15, -0.1) is 0 Å². The Hall–Kier alpha value is -2.12. The fraction of sp³-hybridized carbons (Fsp3) is 0.440.